The summed E-state index contributed by atoms with van der Waals surface area (Å²) in [5.41, 5.74) is 1.47. The lowest BCUT2D eigenvalue weighted by Gasteiger charge is -2.21. The molecular weight excluding hydrogens is 244 g/mol. The summed E-state index contributed by atoms with van der Waals surface area (Å²) in [4.78, 5) is 11.4. The number of hydrogen-bond acceptors (Lipinski definition) is 4. The zero-order chi connectivity index (χ0) is 14.5. The van der Waals surface area contributed by atoms with E-state index in [0.717, 1.165) is 11.1 Å². The number of phenols is 1. The first-order valence-electron chi connectivity index (χ1n) is 6.44. The normalized spacial score (nSPS) is 11.4. The van der Waals surface area contributed by atoms with E-state index in [1.54, 1.807) is 0 Å². The molecule has 1 rings (SSSR count). The van der Waals surface area contributed by atoms with Crippen molar-refractivity contribution in [1.29, 1.82) is 0 Å². The van der Waals surface area contributed by atoms with E-state index in [2.05, 4.69) is 0 Å². The van der Waals surface area contributed by atoms with Gasteiger partial charge in [-0.1, -0.05) is 39.0 Å². The van der Waals surface area contributed by atoms with Crippen molar-refractivity contribution in [2.24, 2.45) is 0 Å². The number of phenolic OH excluding ortho intramolecular Hbond substituents is 1. The highest BCUT2D eigenvalue weighted by molar-refractivity contribution is 5.70. The van der Waals surface area contributed by atoms with Crippen LogP contribution in [0.25, 0.3) is 0 Å². The zero-order valence-corrected chi connectivity index (χ0v) is 11.8. The molecule has 0 atom stereocenters. The Kier molecular flexibility index (Phi) is 5.36. The molecule has 1 aromatic carbocycles. The van der Waals surface area contributed by atoms with Gasteiger partial charge in [-0.25, -0.2) is 0 Å². The topological polar surface area (TPSA) is 66.8 Å². The van der Waals surface area contributed by atoms with Crippen molar-refractivity contribution >= 4 is 5.97 Å². The van der Waals surface area contributed by atoms with E-state index in [-0.39, 0.29) is 36.8 Å². The molecule has 0 amide bonds. The number of carbonyl (C=O) groups is 1. The van der Waals surface area contributed by atoms with Gasteiger partial charge in [-0.05, 0) is 23.0 Å². The lowest BCUT2D eigenvalue weighted by molar-refractivity contribution is -0.144. The van der Waals surface area contributed by atoms with Crippen LogP contribution in [0.3, 0.4) is 0 Å². The summed E-state index contributed by atoms with van der Waals surface area (Å²) >= 11 is 0. The molecule has 0 radical (unpaired) electrons. The van der Waals surface area contributed by atoms with E-state index < -0.39 is 0 Å². The summed E-state index contributed by atoms with van der Waals surface area (Å²) in [6, 6.07) is 5.58. The van der Waals surface area contributed by atoms with Gasteiger partial charge in [0.25, 0.3) is 0 Å². The highest BCUT2D eigenvalue weighted by Crippen LogP contribution is 2.33. The first kappa shape index (κ1) is 15.5. The summed E-state index contributed by atoms with van der Waals surface area (Å²) in [6.45, 7) is 5.94. The Morgan fingerprint density at radius 1 is 1.32 bits per heavy atom. The molecule has 0 aliphatic heterocycles. The molecule has 19 heavy (non-hydrogen) atoms. The Balaban J connectivity index is 2.72. The molecule has 4 nitrogen and oxygen atoms in total. The van der Waals surface area contributed by atoms with E-state index in [0.29, 0.717) is 6.42 Å². The predicted molar refractivity (Wildman–Crippen MR) is 73.2 cm³/mol. The summed E-state index contributed by atoms with van der Waals surface area (Å²) in [7, 11) is 0. The maximum absolute atomic E-state index is 11.4. The second kappa shape index (κ2) is 6.57. The van der Waals surface area contributed by atoms with Gasteiger partial charge in [-0.2, -0.15) is 0 Å². The largest absolute Gasteiger partial charge is 0.507 e. The zero-order valence-electron chi connectivity index (χ0n) is 11.8. The quantitative estimate of drug-likeness (QED) is 0.801. The first-order chi connectivity index (χ1) is 8.86. The SMILES string of the molecule is CC(C)(C)c1cccc(CCC(=O)OCCO)c1O. The minimum atomic E-state index is -0.366. The molecule has 0 spiro atoms. The molecule has 2 N–H and O–H groups in total. The molecule has 0 aliphatic rings. The minimum Gasteiger partial charge on any atom is -0.507 e. The van der Waals surface area contributed by atoms with Gasteiger partial charge < -0.3 is 14.9 Å². The van der Waals surface area contributed by atoms with E-state index in [1.165, 1.54) is 0 Å². The molecule has 4 heteroatoms. The standard InChI is InChI=1S/C15H22O4/c1-15(2,3)12-6-4-5-11(14(12)18)7-8-13(17)19-10-9-16/h4-6,16,18H,7-10H2,1-3H3. The van der Waals surface area contributed by atoms with Crippen LogP contribution in [0.1, 0.15) is 38.3 Å². The number of rotatable bonds is 5. The van der Waals surface area contributed by atoms with Crippen LogP contribution in [0.15, 0.2) is 18.2 Å². The van der Waals surface area contributed by atoms with Gasteiger partial charge in [0, 0.05) is 6.42 Å². The van der Waals surface area contributed by atoms with E-state index in [9.17, 15) is 9.90 Å². The second-order valence-electron chi connectivity index (χ2n) is 5.51. The van der Waals surface area contributed by atoms with Crippen molar-refractivity contribution in [2.45, 2.75) is 39.0 Å². The van der Waals surface area contributed by atoms with Crippen LogP contribution in [-0.2, 0) is 21.4 Å². The van der Waals surface area contributed by atoms with Gasteiger partial charge in [-0.3, -0.25) is 4.79 Å². The molecule has 0 saturated heterocycles. The Morgan fingerprint density at radius 2 is 2.00 bits per heavy atom. The molecule has 106 valence electrons. The molecule has 0 bridgehead atoms. The van der Waals surface area contributed by atoms with Crippen molar-refractivity contribution in [2.75, 3.05) is 13.2 Å². The number of hydrogen-bond donors (Lipinski definition) is 2. The van der Waals surface area contributed by atoms with Crippen LogP contribution >= 0.6 is 0 Å². The van der Waals surface area contributed by atoms with Crippen molar-refractivity contribution in [1.82, 2.24) is 0 Å². The number of aryl methyl sites for hydroxylation is 1. The van der Waals surface area contributed by atoms with Gasteiger partial charge in [0.15, 0.2) is 0 Å². The summed E-state index contributed by atoms with van der Waals surface area (Å²) < 4.78 is 4.78. The third-order valence-corrected chi connectivity index (χ3v) is 2.88. The van der Waals surface area contributed by atoms with E-state index >= 15 is 0 Å². The van der Waals surface area contributed by atoms with Crippen LogP contribution in [0, 0.1) is 0 Å². The Labute approximate surface area is 114 Å². The number of aliphatic hydroxyl groups is 1. The smallest absolute Gasteiger partial charge is 0.306 e. The van der Waals surface area contributed by atoms with Gasteiger partial charge in [0.1, 0.15) is 12.4 Å². The summed E-state index contributed by atoms with van der Waals surface area (Å²) in [5.74, 6) is -0.112. The third kappa shape index (κ3) is 4.56. The molecule has 0 saturated carbocycles. The Morgan fingerprint density at radius 3 is 2.58 bits per heavy atom. The average Bonchev–Trinajstić information content (AvgIpc) is 2.33. The van der Waals surface area contributed by atoms with Crippen molar-refractivity contribution < 1.29 is 19.7 Å². The van der Waals surface area contributed by atoms with E-state index in [1.807, 2.05) is 39.0 Å². The van der Waals surface area contributed by atoms with Crippen molar-refractivity contribution in [3.05, 3.63) is 29.3 Å². The summed E-state index contributed by atoms with van der Waals surface area (Å²) in [6.07, 6.45) is 0.626. The van der Waals surface area contributed by atoms with Crippen LogP contribution in [0.4, 0.5) is 0 Å². The van der Waals surface area contributed by atoms with Crippen molar-refractivity contribution in [3.8, 4) is 5.75 Å². The van der Waals surface area contributed by atoms with Crippen LogP contribution in [-0.4, -0.2) is 29.4 Å². The lowest BCUT2D eigenvalue weighted by atomic mass is 9.85. The fourth-order valence-electron chi connectivity index (χ4n) is 1.87. The molecule has 0 unspecified atom stereocenters. The molecule has 0 fully saturated rings. The van der Waals surface area contributed by atoms with Crippen LogP contribution < -0.4 is 0 Å². The average molecular weight is 266 g/mol. The van der Waals surface area contributed by atoms with Gasteiger partial charge in [0.2, 0.25) is 0 Å². The predicted octanol–water partition coefficient (Wildman–Crippen LogP) is 2.16. The van der Waals surface area contributed by atoms with Crippen LogP contribution in [0.2, 0.25) is 0 Å². The number of benzene rings is 1. The summed E-state index contributed by atoms with van der Waals surface area (Å²) in [5, 5.41) is 18.8. The van der Waals surface area contributed by atoms with Crippen LogP contribution in [0.5, 0.6) is 5.75 Å². The van der Waals surface area contributed by atoms with Gasteiger partial charge >= 0.3 is 5.97 Å². The maximum atomic E-state index is 11.4. The second-order valence-corrected chi connectivity index (χ2v) is 5.51. The maximum Gasteiger partial charge on any atom is 0.306 e. The molecule has 0 heterocycles. The number of esters is 1. The number of para-hydroxylation sites is 1. The number of ether oxygens (including phenoxy) is 1. The van der Waals surface area contributed by atoms with E-state index in [4.69, 9.17) is 9.84 Å². The monoisotopic (exact) mass is 266 g/mol. The number of aromatic hydroxyl groups is 1. The Bertz CT molecular complexity index is 432. The Hall–Kier alpha value is -1.55. The molecule has 0 aromatic heterocycles. The molecule has 1 aromatic rings. The third-order valence-electron chi connectivity index (χ3n) is 2.88. The minimum absolute atomic E-state index is 0.0207. The number of aliphatic hydroxyl groups excluding tert-OH is 1. The van der Waals surface area contributed by atoms with Gasteiger partial charge in [0.05, 0.1) is 6.61 Å². The highest BCUT2D eigenvalue weighted by atomic mass is 16.5. The number of carbonyl (C=O) groups excluding carboxylic acids is 1. The highest BCUT2D eigenvalue weighted by Gasteiger charge is 2.19. The van der Waals surface area contributed by atoms with Crippen molar-refractivity contribution in [3.63, 3.8) is 0 Å². The molecule has 0 aliphatic carbocycles. The van der Waals surface area contributed by atoms with Gasteiger partial charge in [-0.15, -0.1) is 0 Å². The fourth-order valence-corrected chi connectivity index (χ4v) is 1.87. The fraction of sp³-hybridized carbons (Fsp3) is 0.533. The lowest BCUT2D eigenvalue weighted by Crippen LogP contribution is -2.13. The molecular formula is C15H22O4. The first-order valence-corrected chi connectivity index (χ1v) is 6.44.